The van der Waals surface area contributed by atoms with Crippen molar-refractivity contribution in [2.45, 2.75) is 30.4 Å². The standard InChI is InChI=1S/C14H25N3O3S/c1-11(16-9-14(2,18)10-17(3)4)12-5-7-13(8-6-12)21(15,19)20/h5-8,11,16,18H,9-10H2,1-4H3,(H2,15,19,20). The van der Waals surface area contributed by atoms with Crippen molar-refractivity contribution in [3.05, 3.63) is 29.8 Å². The summed E-state index contributed by atoms with van der Waals surface area (Å²) in [7, 11) is 0.153. The highest BCUT2D eigenvalue weighted by Crippen LogP contribution is 2.16. The lowest BCUT2D eigenvalue weighted by Crippen LogP contribution is -2.46. The Hall–Kier alpha value is -0.990. The van der Waals surface area contributed by atoms with Gasteiger partial charge in [-0.15, -0.1) is 0 Å². The fourth-order valence-corrected chi connectivity index (χ4v) is 2.69. The van der Waals surface area contributed by atoms with Gasteiger partial charge >= 0.3 is 0 Å². The predicted molar refractivity (Wildman–Crippen MR) is 83.4 cm³/mol. The minimum atomic E-state index is -3.66. The fraction of sp³-hybridized carbons (Fsp3) is 0.571. The molecule has 0 spiro atoms. The number of hydrogen-bond donors (Lipinski definition) is 3. The molecule has 6 nitrogen and oxygen atoms in total. The molecule has 2 atom stereocenters. The van der Waals surface area contributed by atoms with E-state index in [1.165, 1.54) is 12.1 Å². The third-order valence-corrected chi connectivity index (χ3v) is 4.08. The van der Waals surface area contributed by atoms with Crippen LogP contribution < -0.4 is 10.5 Å². The molecule has 0 saturated heterocycles. The number of hydrogen-bond acceptors (Lipinski definition) is 5. The predicted octanol–water partition coefficient (Wildman–Crippen LogP) is 0.297. The molecule has 0 bridgehead atoms. The van der Waals surface area contributed by atoms with E-state index in [1.807, 2.05) is 25.9 Å². The summed E-state index contributed by atoms with van der Waals surface area (Å²) in [5.41, 5.74) is 0.0984. The fourth-order valence-electron chi connectivity index (χ4n) is 2.17. The van der Waals surface area contributed by atoms with Gasteiger partial charge in [-0.3, -0.25) is 0 Å². The lowest BCUT2D eigenvalue weighted by Gasteiger charge is -2.29. The molecule has 0 aliphatic rings. The zero-order valence-corrected chi connectivity index (χ0v) is 13.8. The van der Waals surface area contributed by atoms with E-state index in [9.17, 15) is 13.5 Å². The molecule has 7 heteroatoms. The molecule has 0 aliphatic heterocycles. The first kappa shape index (κ1) is 18.1. The smallest absolute Gasteiger partial charge is 0.238 e. The maximum atomic E-state index is 11.2. The Morgan fingerprint density at radius 3 is 2.29 bits per heavy atom. The molecule has 1 aromatic carbocycles. The first-order valence-corrected chi connectivity index (χ1v) is 8.29. The highest BCUT2D eigenvalue weighted by Gasteiger charge is 2.22. The summed E-state index contributed by atoms with van der Waals surface area (Å²) in [6, 6.07) is 6.41. The number of primary sulfonamides is 1. The van der Waals surface area contributed by atoms with Crippen LogP contribution in [0.1, 0.15) is 25.5 Å². The van der Waals surface area contributed by atoms with Crippen molar-refractivity contribution >= 4 is 10.0 Å². The summed E-state index contributed by atoms with van der Waals surface area (Å²) in [5.74, 6) is 0. The Kier molecular flexibility index (Phi) is 5.89. The lowest BCUT2D eigenvalue weighted by atomic mass is 10.0. The molecule has 0 aromatic heterocycles. The van der Waals surface area contributed by atoms with Gasteiger partial charge in [0.15, 0.2) is 0 Å². The van der Waals surface area contributed by atoms with Gasteiger partial charge < -0.3 is 15.3 Å². The van der Waals surface area contributed by atoms with E-state index in [0.29, 0.717) is 13.1 Å². The largest absolute Gasteiger partial charge is 0.388 e. The highest BCUT2D eigenvalue weighted by atomic mass is 32.2. The third-order valence-electron chi connectivity index (χ3n) is 3.15. The molecular weight excluding hydrogens is 290 g/mol. The number of aliphatic hydroxyl groups is 1. The van der Waals surface area contributed by atoms with Crippen LogP contribution in [0.2, 0.25) is 0 Å². The molecule has 0 heterocycles. The van der Waals surface area contributed by atoms with Gasteiger partial charge in [0.25, 0.3) is 0 Å². The average molecular weight is 315 g/mol. The molecule has 1 aromatic rings. The minimum absolute atomic E-state index is 0.00633. The molecule has 2 unspecified atom stereocenters. The van der Waals surface area contributed by atoms with E-state index in [1.54, 1.807) is 19.1 Å². The molecule has 4 N–H and O–H groups in total. The van der Waals surface area contributed by atoms with Crippen LogP contribution in [0.3, 0.4) is 0 Å². The Balaban J connectivity index is 2.66. The highest BCUT2D eigenvalue weighted by molar-refractivity contribution is 7.89. The Labute approximate surface area is 127 Å². The molecule has 1 rings (SSSR count). The van der Waals surface area contributed by atoms with Crippen LogP contribution in [-0.2, 0) is 10.0 Å². The molecular formula is C14H25N3O3S. The molecule has 0 radical (unpaired) electrons. The summed E-state index contributed by atoms with van der Waals surface area (Å²) in [6.45, 7) is 4.72. The SMILES string of the molecule is CC(NCC(C)(O)CN(C)C)c1ccc(S(N)(=O)=O)cc1. The Bertz CT molecular complexity index is 553. The van der Waals surface area contributed by atoms with E-state index < -0.39 is 15.6 Å². The summed E-state index contributed by atoms with van der Waals surface area (Å²) >= 11 is 0. The van der Waals surface area contributed by atoms with Crippen LogP contribution >= 0.6 is 0 Å². The second-order valence-corrected chi connectivity index (χ2v) is 7.51. The van der Waals surface area contributed by atoms with E-state index >= 15 is 0 Å². The number of sulfonamides is 1. The zero-order chi connectivity index (χ0) is 16.3. The third kappa shape index (κ3) is 6.11. The van der Waals surface area contributed by atoms with E-state index in [0.717, 1.165) is 5.56 Å². The van der Waals surface area contributed by atoms with E-state index in [4.69, 9.17) is 5.14 Å². The second kappa shape index (κ2) is 6.85. The van der Waals surface area contributed by atoms with Gasteiger partial charge in [0.05, 0.1) is 10.5 Å². The van der Waals surface area contributed by atoms with Crippen molar-refractivity contribution in [3.8, 4) is 0 Å². The average Bonchev–Trinajstić information content (AvgIpc) is 2.33. The van der Waals surface area contributed by atoms with Gasteiger partial charge in [-0.25, -0.2) is 13.6 Å². The molecule has 21 heavy (non-hydrogen) atoms. The van der Waals surface area contributed by atoms with Gasteiger partial charge in [0.2, 0.25) is 10.0 Å². The van der Waals surface area contributed by atoms with Crippen molar-refractivity contribution in [3.63, 3.8) is 0 Å². The first-order chi connectivity index (χ1) is 9.51. The van der Waals surface area contributed by atoms with E-state index in [-0.39, 0.29) is 10.9 Å². The molecule has 0 fully saturated rings. The molecule has 120 valence electrons. The van der Waals surface area contributed by atoms with Crippen molar-refractivity contribution in [2.24, 2.45) is 5.14 Å². The Morgan fingerprint density at radius 2 is 1.86 bits per heavy atom. The maximum Gasteiger partial charge on any atom is 0.238 e. The number of likely N-dealkylation sites (N-methyl/N-ethyl adjacent to an activating group) is 1. The van der Waals surface area contributed by atoms with Gasteiger partial charge in [-0.05, 0) is 45.6 Å². The molecule has 0 aliphatic carbocycles. The van der Waals surface area contributed by atoms with Gasteiger partial charge in [-0.2, -0.15) is 0 Å². The number of rotatable bonds is 7. The van der Waals surface area contributed by atoms with Gasteiger partial charge in [0.1, 0.15) is 0 Å². The maximum absolute atomic E-state index is 11.2. The van der Waals surface area contributed by atoms with Crippen LogP contribution in [0.15, 0.2) is 29.2 Å². The molecule has 0 saturated carbocycles. The lowest BCUT2D eigenvalue weighted by molar-refractivity contribution is 0.0317. The first-order valence-electron chi connectivity index (χ1n) is 6.74. The van der Waals surface area contributed by atoms with Crippen molar-refractivity contribution in [2.75, 3.05) is 27.2 Å². The number of benzene rings is 1. The monoisotopic (exact) mass is 315 g/mol. The van der Waals surface area contributed by atoms with Crippen LogP contribution in [0, 0.1) is 0 Å². The summed E-state index contributed by atoms with van der Waals surface area (Å²) < 4.78 is 22.4. The van der Waals surface area contributed by atoms with Crippen molar-refractivity contribution in [1.29, 1.82) is 0 Å². The number of nitrogens with two attached hydrogens (primary N) is 1. The number of nitrogens with one attached hydrogen (secondary N) is 1. The van der Waals surface area contributed by atoms with E-state index in [2.05, 4.69) is 5.32 Å². The van der Waals surface area contributed by atoms with Gasteiger partial charge in [-0.1, -0.05) is 12.1 Å². The Morgan fingerprint density at radius 1 is 1.33 bits per heavy atom. The van der Waals surface area contributed by atoms with Crippen molar-refractivity contribution in [1.82, 2.24) is 10.2 Å². The van der Waals surface area contributed by atoms with Gasteiger partial charge in [0, 0.05) is 19.1 Å². The van der Waals surface area contributed by atoms with Crippen molar-refractivity contribution < 1.29 is 13.5 Å². The number of nitrogens with zero attached hydrogens (tertiary/aromatic N) is 1. The minimum Gasteiger partial charge on any atom is -0.388 e. The quantitative estimate of drug-likeness (QED) is 0.672. The summed E-state index contributed by atoms with van der Waals surface area (Å²) in [4.78, 5) is 2.02. The second-order valence-electron chi connectivity index (χ2n) is 5.95. The zero-order valence-electron chi connectivity index (χ0n) is 13.0. The summed E-state index contributed by atoms with van der Waals surface area (Å²) in [5, 5.41) is 18.5. The van der Waals surface area contributed by atoms with Crippen LogP contribution in [0.4, 0.5) is 0 Å². The topological polar surface area (TPSA) is 95.7 Å². The van der Waals surface area contributed by atoms with Crippen LogP contribution in [0.25, 0.3) is 0 Å². The molecule has 0 amide bonds. The van der Waals surface area contributed by atoms with Crippen LogP contribution in [-0.4, -0.2) is 51.2 Å². The summed E-state index contributed by atoms with van der Waals surface area (Å²) in [6.07, 6.45) is 0. The van der Waals surface area contributed by atoms with Crippen LogP contribution in [0.5, 0.6) is 0 Å². The normalized spacial score (nSPS) is 16.7.